The van der Waals surface area contributed by atoms with Gasteiger partial charge in [-0.25, -0.2) is 8.42 Å². The molecule has 0 saturated carbocycles. The summed E-state index contributed by atoms with van der Waals surface area (Å²) in [6.45, 7) is 7.37. The number of sulfonamides is 1. The van der Waals surface area contributed by atoms with Gasteiger partial charge in [-0.05, 0) is 26.7 Å². The molecule has 0 bridgehead atoms. The third-order valence-electron chi connectivity index (χ3n) is 4.21. The molecule has 1 atom stereocenters. The van der Waals surface area contributed by atoms with Crippen LogP contribution in [0.5, 0.6) is 0 Å². The number of aromatic nitrogens is 3. The molecule has 1 aliphatic rings. The van der Waals surface area contributed by atoms with Crippen molar-refractivity contribution in [1.82, 2.24) is 19.7 Å². The molecule has 0 spiro atoms. The fraction of sp³-hybridized carbons (Fsp3) is 0.600. The summed E-state index contributed by atoms with van der Waals surface area (Å²) in [7, 11) is -3.87. The molecule has 0 aromatic carbocycles. The lowest BCUT2D eigenvalue weighted by Crippen LogP contribution is -2.43. The van der Waals surface area contributed by atoms with E-state index in [1.807, 2.05) is 13.8 Å². The number of hydrogen-bond acceptors (Lipinski definition) is 8. The van der Waals surface area contributed by atoms with Crippen LogP contribution < -0.4 is 5.32 Å². The molecule has 1 unspecified atom stereocenters. The summed E-state index contributed by atoms with van der Waals surface area (Å²) in [5.41, 5.74) is 0.291. The maximum absolute atomic E-state index is 13.0. The van der Waals surface area contributed by atoms with E-state index < -0.39 is 22.0 Å². The molecule has 1 aliphatic heterocycles. The average Bonchev–Trinajstić information content (AvgIpc) is 3.27. The highest BCUT2D eigenvalue weighted by Crippen LogP contribution is 2.31. The minimum Gasteiger partial charge on any atom is -0.360 e. The van der Waals surface area contributed by atoms with Crippen molar-refractivity contribution >= 4 is 32.4 Å². The lowest BCUT2D eigenvalue weighted by Gasteiger charge is -2.22. The van der Waals surface area contributed by atoms with E-state index in [0.29, 0.717) is 23.7 Å². The van der Waals surface area contributed by atoms with Crippen LogP contribution in [0.4, 0.5) is 5.13 Å². The highest BCUT2D eigenvalue weighted by molar-refractivity contribution is 7.89. The van der Waals surface area contributed by atoms with Crippen molar-refractivity contribution < 1.29 is 17.7 Å². The van der Waals surface area contributed by atoms with Crippen LogP contribution in [0.15, 0.2) is 9.42 Å². The minimum absolute atomic E-state index is 0.0372. The highest BCUT2D eigenvalue weighted by Gasteiger charge is 2.42. The Morgan fingerprint density at radius 2 is 2.08 bits per heavy atom. The quantitative estimate of drug-likeness (QED) is 0.817. The predicted molar refractivity (Wildman–Crippen MR) is 95.5 cm³/mol. The number of amides is 1. The van der Waals surface area contributed by atoms with Crippen LogP contribution >= 0.6 is 11.3 Å². The van der Waals surface area contributed by atoms with Gasteiger partial charge in [-0.1, -0.05) is 30.3 Å². The summed E-state index contributed by atoms with van der Waals surface area (Å²) in [5.74, 6) is 0.0320. The molecule has 3 rings (SSSR count). The number of carbonyl (C=O) groups excluding carboxylic acids is 1. The van der Waals surface area contributed by atoms with Crippen molar-refractivity contribution in [2.24, 2.45) is 0 Å². The Bertz CT molecular complexity index is 899. The van der Waals surface area contributed by atoms with E-state index in [1.54, 1.807) is 13.8 Å². The molecule has 1 N–H and O–H groups in total. The van der Waals surface area contributed by atoms with Gasteiger partial charge in [0.2, 0.25) is 21.1 Å². The lowest BCUT2D eigenvalue weighted by molar-refractivity contribution is -0.119. The summed E-state index contributed by atoms with van der Waals surface area (Å²) < 4.78 is 32.2. The third kappa shape index (κ3) is 3.38. The van der Waals surface area contributed by atoms with E-state index in [1.165, 1.54) is 15.6 Å². The monoisotopic (exact) mass is 399 g/mol. The van der Waals surface area contributed by atoms with E-state index in [9.17, 15) is 13.2 Å². The van der Waals surface area contributed by atoms with Gasteiger partial charge in [0.15, 0.2) is 5.76 Å². The van der Waals surface area contributed by atoms with Crippen molar-refractivity contribution in [1.29, 1.82) is 0 Å². The van der Waals surface area contributed by atoms with Crippen LogP contribution in [0, 0.1) is 13.8 Å². The maximum atomic E-state index is 13.0. The van der Waals surface area contributed by atoms with Gasteiger partial charge in [0, 0.05) is 12.5 Å². The summed E-state index contributed by atoms with van der Waals surface area (Å²) in [6.07, 6.45) is 1.05. The van der Waals surface area contributed by atoms with E-state index in [-0.39, 0.29) is 23.1 Å². The van der Waals surface area contributed by atoms with Gasteiger partial charge < -0.3 is 4.52 Å². The van der Waals surface area contributed by atoms with Crippen LogP contribution in [0.25, 0.3) is 0 Å². The number of hydrogen-bond donors (Lipinski definition) is 1. The summed E-state index contributed by atoms with van der Waals surface area (Å²) >= 11 is 1.29. The number of anilines is 1. The van der Waals surface area contributed by atoms with Gasteiger partial charge in [0.25, 0.3) is 0 Å². The van der Waals surface area contributed by atoms with Crippen molar-refractivity contribution in [3.8, 4) is 0 Å². The molecule has 11 heteroatoms. The van der Waals surface area contributed by atoms with Crippen LogP contribution in [0.2, 0.25) is 0 Å². The Kier molecular flexibility index (Phi) is 5.13. The Morgan fingerprint density at radius 3 is 2.65 bits per heavy atom. The van der Waals surface area contributed by atoms with Crippen molar-refractivity contribution in [2.45, 2.75) is 57.4 Å². The molecular weight excluding hydrogens is 378 g/mol. The maximum Gasteiger partial charge on any atom is 0.249 e. The van der Waals surface area contributed by atoms with Crippen molar-refractivity contribution in [2.75, 3.05) is 11.9 Å². The zero-order valence-corrected chi connectivity index (χ0v) is 16.6. The normalized spacial score (nSPS) is 18.6. The first-order valence-electron chi connectivity index (χ1n) is 8.30. The zero-order chi connectivity index (χ0) is 19.1. The van der Waals surface area contributed by atoms with Gasteiger partial charge >= 0.3 is 0 Å². The Balaban J connectivity index is 1.82. The van der Waals surface area contributed by atoms with E-state index >= 15 is 0 Å². The standard InChI is InChI=1S/C15H21N5O4S2/c1-8(2)14-17-18-15(25-14)16-13(21)11-6-5-7-20(11)26(22,23)12-9(3)19-24-10(12)4/h8,11H,5-7H2,1-4H3,(H,16,18,21). The summed E-state index contributed by atoms with van der Waals surface area (Å²) in [6, 6.07) is -0.792. The molecule has 2 aromatic rings. The van der Waals surface area contributed by atoms with Gasteiger partial charge in [0.1, 0.15) is 21.6 Å². The molecule has 1 amide bonds. The largest absolute Gasteiger partial charge is 0.360 e. The van der Waals surface area contributed by atoms with Gasteiger partial charge in [-0.2, -0.15) is 4.31 Å². The number of nitrogens with zero attached hydrogens (tertiary/aromatic N) is 4. The smallest absolute Gasteiger partial charge is 0.249 e. The van der Waals surface area contributed by atoms with E-state index in [4.69, 9.17) is 4.52 Å². The first kappa shape index (κ1) is 18.9. The van der Waals surface area contributed by atoms with E-state index in [0.717, 1.165) is 5.01 Å². The van der Waals surface area contributed by atoms with Crippen molar-refractivity contribution in [3.63, 3.8) is 0 Å². The fourth-order valence-corrected chi connectivity index (χ4v) is 5.66. The SMILES string of the molecule is Cc1noc(C)c1S(=O)(=O)N1CCCC1C(=O)Nc1nnc(C(C)C)s1. The van der Waals surface area contributed by atoms with E-state index in [2.05, 4.69) is 20.7 Å². The molecule has 2 aromatic heterocycles. The Morgan fingerprint density at radius 1 is 1.35 bits per heavy atom. The van der Waals surface area contributed by atoms with Crippen LogP contribution in [-0.2, 0) is 14.8 Å². The fourth-order valence-electron chi connectivity index (χ4n) is 2.96. The van der Waals surface area contributed by atoms with Crippen LogP contribution in [0.3, 0.4) is 0 Å². The molecule has 0 radical (unpaired) electrons. The molecule has 1 fully saturated rings. The first-order valence-corrected chi connectivity index (χ1v) is 10.6. The minimum atomic E-state index is -3.87. The predicted octanol–water partition coefficient (Wildman–Crippen LogP) is 2.06. The van der Waals surface area contributed by atoms with Gasteiger partial charge in [0.05, 0.1) is 0 Å². The third-order valence-corrected chi connectivity index (χ3v) is 7.50. The Hall–Kier alpha value is -1.85. The van der Waals surface area contributed by atoms with Gasteiger partial charge in [-0.3, -0.25) is 10.1 Å². The topological polar surface area (TPSA) is 118 Å². The zero-order valence-electron chi connectivity index (χ0n) is 15.0. The first-order chi connectivity index (χ1) is 12.2. The number of carbonyl (C=O) groups is 1. The summed E-state index contributed by atoms with van der Waals surface area (Å²) in [4.78, 5) is 12.7. The van der Waals surface area contributed by atoms with Crippen LogP contribution in [0.1, 0.15) is 49.1 Å². The average molecular weight is 399 g/mol. The molecule has 3 heterocycles. The molecular formula is C15H21N5O4S2. The van der Waals surface area contributed by atoms with Crippen molar-refractivity contribution in [3.05, 3.63) is 16.5 Å². The number of rotatable bonds is 5. The molecule has 0 aliphatic carbocycles. The molecule has 142 valence electrons. The second kappa shape index (κ2) is 7.05. The summed E-state index contributed by atoms with van der Waals surface area (Å²) in [5, 5.41) is 15.6. The highest BCUT2D eigenvalue weighted by atomic mass is 32.2. The van der Waals surface area contributed by atoms with Gasteiger partial charge in [-0.15, -0.1) is 10.2 Å². The lowest BCUT2D eigenvalue weighted by atomic mass is 10.2. The number of aryl methyl sites for hydroxylation is 2. The Labute approximate surface area is 155 Å². The van der Waals surface area contributed by atoms with Crippen LogP contribution in [-0.4, -0.2) is 46.6 Å². The molecule has 1 saturated heterocycles. The molecule has 9 nitrogen and oxygen atoms in total. The number of nitrogens with one attached hydrogen (secondary N) is 1. The second-order valence-electron chi connectivity index (χ2n) is 6.52. The molecule has 26 heavy (non-hydrogen) atoms. The second-order valence-corrected chi connectivity index (χ2v) is 9.35.